The fraction of sp³-hybridized carbons (Fsp3) is 0.500. The molecule has 0 N–H and O–H groups in total. The van der Waals surface area contributed by atoms with Gasteiger partial charge in [0.05, 0.1) is 16.6 Å². The molecule has 1 aromatic rings. The van der Waals surface area contributed by atoms with Crippen LogP contribution in [0.25, 0.3) is 0 Å². The molecule has 0 saturated carbocycles. The molecular formula is C14H18BrClO4S. The summed E-state index contributed by atoms with van der Waals surface area (Å²) in [6.45, 7) is 7.56. The molecule has 7 heteroatoms. The van der Waals surface area contributed by atoms with Crippen LogP contribution < -0.4 is 0 Å². The number of ether oxygens (including phenoxy) is 1. The first-order valence-corrected chi connectivity index (χ1v) is 9.58. The minimum absolute atomic E-state index is 0.132. The van der Waals surface area contributed by atoms with E-state index < -0.39 is 15.0 Å². The van der Waals surface area contributed by atoms with Crippen molar-refractivity contribution in [3.63, 3.8) is 0 Å². The first-order chi connectivity index (χ1) is 9.52. The molecule has 0 aliphatic rings. The third-order valence-corrected chi connectivity index (χ3v) is 5.49. The van der Waals surface area contributed by atoms with Crippen molar-refractivity contribution in [3.05, 3.63) is 27.7 Å². The lowest BCUT2D eigenvalue weighted by Crippen LogP contribution is -2.17. The van der Waals surface area contributed by atoms with Gasteiger partial charge >= 0.3 is 5.97 Å². The average molecular weight is 398 g/mol. The Morgan fingerprint density at radius 2 is 1.90 bits per heavy atom. The molecule has 0 fully saturated rings. The molecule has 4 nitrogen and oxygen atoms in total. The number of rotatable bonds is 5. The van der Waals surface area contributed by atoms with Crippen molar-refractivity contribution in [2.45, 2.75) is 45.1 Å². The van der Waals surface area contributed by atoms with Gasteiger partial charge in [-0.05, 0) is 59.8 Å². The largest absolute Gasteiger partial charge is 0.459 e. The lowest BCUT2D eigenvalue weighted by Gasteiger charge is -2.16. The Hall–Kier alpha value is -0.590. The highest BCUT2D eigenvalue weighted by Crippen LogP contribution is 2.30. The van der Waals surface area contributed by atoms with Crippen LogP contribution >= 0.6 is 26.6 Å². The van der Waals surface area contributed by atoms with E-state index in [0.29, 0.717) is 16.0 Å². The molecule has 0 saturated heterocycles. The summed E-state index contributed by atoms with van der Waals surface area (Å²) in [7, 11) is 1.44. The van der Waals surface area contributed by atoms with Crippen molar-refractivity contribution >= 4 is 41.6 Å². The van der Waals surface area contributed by atoms with Gasteiger partial charge in [-0.2, -0.15) is 0 Å². The summed E-state index contributed by atoms with van der Waals surface area (Å²) >= 11 is 3.17. The predicted octanol–water partition coefficient (Wildman–Crippen LogP) is 4.28. The van der Waals surface area contributed by atoms with E-state index in [9.17, 15) is 13.2 Å². The first-order valence-electron chi connectivity index (χ1n) is 6.48. The highest BCUT2D eigenvalue weighted by atomic mass is 79.9. The van der Waals surface area contributed by atoms with Gasteiger partial charge in [-0.1, -0.05) is 13.8 Å². The molecule has 0 aliphatic carbocycles. The fourth-order valence-electron chi connectivity index (χ4n) is 2.00. The molecule has 1 rings (SSSR count). The molecule has 0 aliphatic heterocycles. The summed E-state index contributed by atoms with van der Waals surface area (Å²) in [5.74, 6) is -0.154. The smallest absolute Gasteiger partial charge is 0.338 e. The van der Waals surface area contributed by atoms with Crippen molar-refractivity contribution in [1.29, 1.82) is 0 Å². The van der Waals surface area contributed by atoms with Gasteiger partial charge in [-0.25, -0.2) is 13.2 Å². The first kappa shape index (κ1) is 18.5. The van der Waals surface area contributed by atoms with E-state index in [-0.39, 0.29) is 16.6 Å². The summed E-state index contributed by atoms with van der Waals surface area (Å²) in [5, 5.41) is 0. The summed E-state index contributed by atoms with van der Waals surface area (Å²) in [6.07, 6.45) is 0.500. The summed E-state index contributed by atoms with van der Waals surface area (Å²) in [4.78, 5) is 12.0. The van der Waals surface area contributed by atoms with Gasteiger partial charge in [0.25, 0.3) is 9.05 Å². The molecule has 1 aromatic carbocycles. The second kappa shape index (κ2) is 7.11. The number of carbonyl (C=O) groups is 1. The SMILES string of the molecule is Cc1cc(C(=O)OC(C)CC(C)C)cc(S(=O)(=O)Cl)c1Br. The van der Waals surface area contributed by atoms with E-state index in [1.54, 1.807) is 13.0 Å². The van der Waals surface area contributed by atoms with Crippen LogP contribution in [0.15, 0.2) is 21.5 Å². The van der Waals surface area contributed by atoms with Crippen LogP contribution in [0.3, 0.4) is 0 Å². The Bertz CT molecular complexity index is 641. The number of hydrogen-bond donors (Lipinski definition) is 0. The van der Waals surface area contributed by atoms with Gasteiger partial charge in [-0.15, -0.1) is 0 Å². The fourth-order valence-corrected chi connectivity index (χ4v) is 4.15. The maximum atomic E-state index is 12.1. The number of aryl methyl sites for hydroxylation is 1. The maximum absolute atomic E-state index is 12.1. The highest BCUT2D eigenvalue weighted by molar-refractivity contribution is 9.10. The van der Waals surface area contributed by atoms with Gasteiger partial charge in [0.2, 0.25) is 0 Å². The van der Waals surface area contributed by atoms with Crippen molar-refractivity contribution in [3.8, 4) is 0 Å². The molecule has 21 heavy (non-hydrogen) atoms. The molecule has 0 bridgehead atoms. The van der Waals surface area contributed by atoms with E-state index in [0.717, 1.165) is 6.42 Å². The molecule has 118 valence electrons. The van der Waals surface area contributed by atoms with E-state index in [1.165, 1.54) is 6.07 Å². The maximum Gasteiger partial charge on any atom is 0.338 e. The molecule has 0 aromatic heterocycles. The van der Waals surface area contributed by atoms with E-state index in [2.05, 4.69) is 15.9 Å². The second-order valence-electron chi connectivity index (χ2n) is 5.39. The zero-order valence-corrected chi connectivity index (χ0v) is 15.5. The number of esters is 1. The van der Waals surface area contributed by atoms with E-state index >= 15 is 0 Å². The van der Waals surface area contributed by atoms with Crippen LogP contribution in [0.1, 0.15) is 43.1 Å². The average Bonchev–Trinajstić information content (AvgIpc) is 2.29. The van der Waals surface area contributed by atoms with Crippen LogP contribution in [0.2, 0.25) is 0 Å². The topological polar surface area (TPSA) is 60.4 Å². The Labute approximate surface area is 138 Å². The minimum Gasteiger partial charge on any atom is -0.459 e. The predicted molar refractivity (Wildman–Crippen MR) is 86.3 cm³/mol. The lowest BCUT2D eigenvalue weighted by molar-refractivity contribution is 0.0299. The summed E-state index contributed by atoms with van der Waals surface area (Å²) < 4.78 is 28.7. The molecule has 0 radical (unpaired) electrons. The number of benzene rings is 1. The van der Waals surface area contributed by atoms with Crippen molar-refractivity contribution in [2.75, 3.05) is 0 Å². The van der Waals surface area contributed by atoms with Gasteiger partial charge in [0.1, 0.15) is 0 Å². The Balaban J connectivity index is 3.09. The van der Waals surface area contributed by atoms with Gasteiger partial charge in [0, 0.05) is 15.2 Å². The van der Waals surface area contributed by atoms with Gasteiger partial charge < -0.3 is 4.74 Å². The van der Waals surface area contributed by atoms with E-state index in [1.807, 2.05) is 20.8 Å². The zero-order chi connectivity index (χ0) is 16.4. The van der Waals surface area contributed by atoms with Crippen molar-refractivity contribution in [1.82, 2.24) is 0 Å². The Kier molecular flexibility index (Phi) is 6.25. The zero-order valence-electron chi connectivity index (χ0n) is 12.3. The van der Waals surface area contributed by atoms with Gasteiger partial charge in [-0.3, -0.25) is 0 Å². The highest BCUT2D eigenvalue weighted by Gasteiger charge is 2.21. The molecule has 0 heterocycles. The summed E-state index contributed by atoms with van der Waals surface area (Å²) in [5.41, 5.74) is 0.769. The number of halogens is 2. The minimum atomic E-state index is -3.94. The molecule has 0 amide bonds. The second-order valence-corrected chi connectivity index (χ2v) is 8.72. The van der Waals surface area contributed by atoms with Gasteiger partial charge in [0.15, 0.2) is 0 Å². The van der Waals surface area contributed by atoms with E-state index in [4.69, 9.17) is 15.4 Å². The normalized spacial score (nSPS) is 13.3. The quantitative estimate of drug-likeness (QED) is 0.549. The third-order valence-electron chi connectivity index (χ3n) is 2.83. The van der Waals surface area contributed by atoms with Crippen LogP contribution in [0.5, 0.6) is 0 Å². The molecule has 0 spiro atoms. The molecule has 1 unspecified atom stereocenters. The Morgan fingerprint density at radius 3 is 2.38 bits per heavy atom. The van der Waals surface area contributed by atoms with Crippen LogP contribution in [0, 0.1) is 12.8 Å². The van der Waals surface area contributed by atoms with Crippen LogP contribution in [-0.4, -0.2) is 20.5 Å². The monoisotopic (exact) mass is 396 g/mol. The standard InChI is InChI=1S/C14H18BrClO4S/c1-8(2)5-10(4)20-14(17)11-6-9(3)13(15)12(7-11)21(16,18)19/h6-8,10H,5H2,1-4H3. The third kappa shape index (κ3) is 5.27. The van der Waals surface area contributed by atoms with Crippen molar-refractivity contribution in [2.24, 2.45) is 5.92 Å². The molecular weight excluding hydrogens is 380 g/mol. The molecule has 1 atom stereocenters. The van der Waals surface area contributed by atoms with Crippen molar-refractivity contribution < 1.29 is 17.9 Å². The Morgan fingerprint density at radius 1 is 1.33 bits per heavy atom. The number of carbonyl (C=O) groups excluding carboxylic acids is 1. The van der Waals surface area contributed by atoms with Crippen LogP contribution in [0.4, 0.5) is 0 Å². The summed E-state index contributed by atoms with van der Waals surface area (Å²) in [6, 6.07) is 2.80. The number of hydrogen-bond acceptors (Lipinski definition) is 4. The van der Waals surface area contributed by atoms with Crippen LogP contribution in [-0.2, 0) is 13.8 Å². The lowest BCUT2D eigenvalue weighted by atomic mass is 10.1.